The SMILES string of the molecule is CCC1=Cc2c(-c3ccc(C(C)(C)C)cc3)c(C)c(C)c(C)c2[CH]1[Zr]([Cl])([Cl])([CH2]C)[CH]1C(CC)=Cc2c(-c3ccc(C(C)(C)C)cc3)c(C)c(C)c(C)c21. The maximum atomic E-state index is 8.75. The first-order chi connectivity index (χ1) is 24.6. The molecule has 0 N–H and O–H groups in total. The second-order valence-electron chi connectivity index (χ2n) is 18.5. The average molecular weight is 826 g/mol. The Kier molecular flexibility index (Phi) is 10.5. The molecule has 281 valence electrons. The van der Waals surface area contributed by atoms with Gasteiger partial charge in [-0.05, 0) is 0 Å². The molecule has 2 atom stereocenters. The van der Waals surface area contributed by atoms with Crippen LogP contribution in [0.25, 0.3) is 34.4 Å². The predicted molar refractivity (Wildman–Crippen MR) is 234 cm³/mol. The predicted octanol–water partition coefficient (Wildman–Crippen LogP) is 16.3. The molecule has 3 heteroatoms. The summed E-state index contributed by atoms with van der Waals surface area (Å²) in [6, 6.07) is 18.7. The zero-order valence-corrected chi connectivity index (χ0v) is 39.3. The van der Waals surface area contributed by atoms with Crippen LogP contribution in [0.3, 0.4) is 0 Å². The van der Waals surface area contributed by atoms with Crippen molar-refractivity contribution in [2.45, 2.75) is 139 Å². The molecule has 4 aromatic carbocycles. The van der Waals surface area contributed by atoms with Crippen molar-refractivity contribution in [3.63, 3.8) is 0 Å². The molecule has 0 saturated heterocycles. The number of hydrogen-bond donors (Lipinski definition) is 0. The van der Waals surface area contributed by atoms with Gasteiger partial charge in [0.15, 0.2) is 0 Å². The van der Waals surface area contributed by atoms with Crippen molar-refractivity contribution < 1.29 is 16.4 Å². The van der Waals surface area contributed by atoms with Gasteiger partial charge in [-0.2, -0.15) is 0 Å². The zero-order chi connectivity index (χ0) is 39.2. The van der Waals surface area contributed by atoms with E-state index in [-0.39, 0.29) is 18.1 Å². The molecule has 4 aromatic rings. The first-order valence-electron chi connectivity index (χ1n) is 20.1. The Morgan fingerprint density at radius 2 is 0.811 bits per heavy atom. The van der Waals surface area contributed by atoms with Gasteiger partial charge in [0.2, 0.25) is 0 Å². The molecule has 6 rings (SSSR count). The summed E-state index contributed by atoms with van der Waals surface area (Å²) in [4.78, 5) is 0. The van der Waals surface area contributed by atoms with Gasteiger partial charge in [0.05, 0.1) is 0 Å². The molecule has 0 radical (unpaired) electrons. The van der Waals surface area contributed by atoms with Crippen LogP contribution in [-0.4, -0.2) is 0 Å². The third-order valence-corrected chi connectivity index (χ3v) is 34.3. The minimum atomic E-state index is -5.00. The van der Waals surface area contributed by atoms with E-state index >= 15 is 0 Å². The normalized spacial score (nSPS) is 18.0. The first kappa shape index (κ1) is 40.5. The fraction of sp³-hybridized carbons (Fsp3) is 0.440. The van der Waals surface area contributed by atoms with Crippen molar-refractivity contribution in [3.8, 4) is 22.3 Å². The Hall–Kier alpha value is -2.18. The summed E-state index contributed by atoms with van der Waals surface area (Å²) < 4.78 is 0.897. The Morgan fingerprint density at radius 1 is 0.491 bits per heavy atom. The fourth-order valence-corrected chi connectivity index (χ4v) is 28.5. The van der Waals surface area contributed by atoms with Gasteiger partial charge in [-0.3, -0.25) is 0 Å². The molecular formula is C50H63Cl2Zr. The maximum absolute atomic E-state index is 8.75. The average Bonchev–Trinajstić information content (AvgIpc) is 3.71. The summed E-state index contributed by atoms with van der Waals surface area (Å²) in [6.45, 7) is 34.6. The Labute approximate surface area is 330 Å². The molecule has 0 nitrogen and oxygen atoms in total. The van der Waals surface area contributed by atoms with Crippen LogP contribution < -0.4 is 0 Å². The second-order valence-corrected chi connectivity index (χ2v) is 41.4. The number of benzene rings is 4. The van der Waals surface area contributed by atoms with Crippen LogP contribution in [-0.2, 0) is 27.2 Å². The molecule has 0 amide bonds. The molecule has 2 aliphatic rings. The number of fused-ring (bicyclic) bond motifs is 2. The van der Waals surface area contributed by atoms with Crippen LogP contribution in [0.4, 0.5) is 0 Å². The minimum absolute atomic E-state index is 0.0399. The summed E-state index contributed by atoms with van der Waals surface area (Å²) in [6.07, 6.45) is 6.90. The Morgan fingerprint density at radius 3 is 1.08 bits per heavy atom. The number of hydrogen-bond acceptors (Lipinski definition) is 0. The molecule has 0 bridgehead atoms. The molecule has 2 unspecified atom stereocenters. The Balaban J connectivity index is 1.63. The molecular weight excluding hydrogens is 763 g/mol. The number of halogens is 2. The molecule has 2 aliphatic carbocycles. The van der Waals surface area contributed by atoms with Crippen LogP contribution in [0.15, 0.2) is 59.7 Å². The summed E-state index contributed by atoms with van der Waals surface area (Å²) >= 11 is -5.00. The van der Waals surface area contributed by atoms with Crippen molar-refractivity contribution in [3.05, 3.63) is 126 Å². The van der Waals surface area contributed by atoms with E-state index in [4.69, 9.17) is 17.0 Å². The van der Waals surface area contributed by atoms with Crippen LogP contribution in [0.1, 0.15) is 149 Å². The van der Waals surface area contributed by atoms with Crippen molar-refractivity contribution in [1.82, 2.24) is 0 Å². The third-order valence-electron chi connectivity index (χ3n) is 13.7. The van der Waals surface area contributed by atoms with Gasteiger partial charge >= 0.3 is 333 Å². The summed E-state index contributed by atoms with van der Waals surface area (Å²) in [5.74, 6) is 0. The molecule has 0 aromatic heterocycles. The van der Waals surface area contributed by atoms with Crippen molar-refractivity contribution in [2.24, 2.45) is 0 Å². The van der Waals surface area contributed by atoms with Gasteiger partial charge in [-0.1, -0.05) is 0 Å². The van der Waals surface area contributed by atoms with Crippen LogP contribution in [0.2, 0.25) is 4.13 Å². The summed E-state index contributed by atoms with van der Waals surface area (Å²) in [5, 5.41) is 0. The van der Waals surface area contributed by atoms with Crippen molar-refractivity contribution in [1.29, 1.82) is 0 Å². The van der Waals surface area contributed by atoms with E-state index < -0.39 is 16.4 Å². The molecule has 0 spiro atoms. The zero-order valence-electron chi connectivity index (χ0n) is 35.3. The van der Waals surface area contributed by atoms with Crippen LogP contribution >= 0.6 is 17.0 Å². The van der Waals surface area contributed by atoms with Gasteiger partial charge in [0, 0.05) is 0 Å². The van der Waals surface area contributed by atoms with Gasteiger partial charge in [0.1, 0.15) is 0 Å². The van der Waals surface area contributed by atoms with E-state index in [2.05, 4.69) is 165 Å². The fourth-order valence-electron chi connectivity index (χ4n) is 9.92. The van der Waals surface area contributed by atoms with Crippen LogP contribution in [0, 0.1) is 41.5 Å². The van der Waals surface area contributed by atoms with Crippen molar-refractivity contribution in [2.75, 3.05) is 0 Å². The third kappa shape index (κ3) is 6.36. The van der Waals surface area contributed by atoms with E-state index in [0.717, 1.165) is 17.0 Å². The summed E-state index contributed by atoms with van der Waals surface area (Å²) in [7, 11) is 17.5. The van der Waals surface area contributed by atoms with E-state index in [0.29, 0.717) is 0 Å². The standard InChI is InChI=1S/2C24H29.C2H5.2ClH.Zr/c2*1-8-18-13-21-16(3)15(2)17(4)23(22(21)14-18)19-9-11-20(12-10-19)24(5,6)7;1-2;;;/h2*9-14H,8H2,1-7H3;1H2,2H3;2*1H;/q;;;;;+2/p-2. The molecule has 0 fully saturated rings. The van der Waals surface area contributed by atoms with Crippen LogP contribution in [0.5, 0.6) is 0 Å². The molecule has 0 aliphatic heterocycles. The van der Waals surface area contributed by atoms with E-state index in [1.54, 1.807) is 0 Å². The number of allylic oxidation sites excluding steroid dienone is 2. The first-order valence-corrected chi connectivity index (χ1v) is 31.0. The molecule has 53 heavy (non-hydrogen) atoms. The molecule has 0 saturated carbocycles. The van der Waals surface area contributed by atoms with Gasteiger partial charge in [-0.15, -0.1) is 0 Å². The number of rotatable bonds is 7. The van der Waals surface area contributed by atoms with E-state index in [1.807, 2.05) is 0 Å². The second kappa shape index (κ2) is 13.8. The van der Waals surface area contributed by atoms with Gasteiger partial charge < -0.3 is 0 Å². The molecule has 0 heterocycles. The van der Waals surface area contributed by atoms with E-state index in [1.165, 1.54) is 100 Å². The quantitative estimate of drug-likeness (QED) is 0.174. The van der Waals surface area contributed by atoms with E-state index in [9.17, 15) is 0 Å². The monoisotopic (exact) mass is 823 g/mol. The van der Waals surface area contributed by atoms with Crippen molar-refractivity contribution >= 4 is 29.2 Å². The Bertz CT molecular complexity index is 2020. The summed E-state index contributed by atoms with van der Waals surface area (Å²) in [5.41, 5.74) is 24.7. The van der Waals surface area contributed by atoms with Gasteiger partial charge in [0.25, 0.3) is 0 Å². The van der Waals surface area contributed by atoms with Gasteiger partial charge in [-0.25, -0.2) is 0 Å². The topological polar surface area (TPSA) is 0 Å².